The van der Waals surface area contributed by atoms with E-state index in [4.69, 9.17) is 4.74 Å². The Balaban J connectivity index is 1.94. The third kappa shape index (κ3) is 5.17. The SMILES string of the molecule is C=CCOc1ccc(N=Nc2ccc(CCCC)cc2)cc1. The molecular formula is C19H22N2O. The van der Waals surface area contributed by atoms with E-state index in [1.54, 1.807) is 6.08 Å². The van der Waals surface area contributed by atoms with Crippen LogP contribution in [0.25, 0.3) is 0 Å². The highest BCUT2D eigenvalue weighted by atomic mass is 16.5. The summed E-state index contributed by atoms with van der Waals surface area (Å²) in [5, 5.41) is 8.50. The molecule has 0 aliphatic heterocycles. The smallest absolute Gasteiger partial charge is 0.119 e. The fourth-order valence-corrected chi connectivity index (χ4v) is 1.99. The van der Waals surface area contributed by atoms with E-state index in [-0.39, 0.29) is 0 Å². The maximum atomic E-state index is 5.43. The van der Waals surface area contributed by atoms with Crippen molar-refractivity contribution in [3.63, 3.8) is 0 Å². The van der Waals surface area contributed by atoms with Crippen LogP contribution in [-0.4, -0.2) is 6.61 Å². The summed E-state index contributed by atoms with van der Waals surface area (Å²) < 4.78 is 5.43. The molecule has 0 amide bonds. The first kappa shape index (κ1) is 16.0. The number of benzene rings is 2. The average Bonchev–Trinajstić information content (AvgIpc) is 2.58. The van der Waals surface area contributed by atoms with Gasteiger partial charge < -0.3 is 4.74 Å². The average molecular weight is 294 g/mol. The molecule has 2 aromatic carbocycles. The van der Waals surface area contributed by atoms with Crippen molar-refractivity contribution >= 4 is 11.4 Å². The molecule has 0 fully saturated rings. The molecule has 114 valence electrons. The molecule has 0 saturated heterocycles. The normalized spacial score (nSPS) is 10.8. The van der Waals surface area contributed by atoms with Crippen LogP contribution in [0.3, 0.4) is 0 Å². The first-order valence-electron chi connectivity index (χ1n) is 7.66. The maximum absolute atomic E-state index is 5.43. The van der Waals surface area contributed by atoms with E-state index in [2.05, 4.69) is 35.9 Å². The lowest BCUT2D eigenvalue weighted by atomic mass is 10.1. The monoisotopic (exact) mass is 294 g/mol. The zero-order valence-corrected chi connectivity index (χ0v) is 13.0. The molecule has 0 aliphatic rings. The van der Waals surface area contributed by atoms with E-state index in [9.17, 15) is 0 Å². The Morgan fingerprint density at radius 3 is 2.09 bits per heavy atom. The van der Waals surface area contributed by atoms with Gasteiger partial charge in [-0.05, 0) is 54.8 Å². The first-order valence-corrected chi connectivity index (χ1v) is 7.66. The van der Waals surface area contributed by atoms with Crippen LogP contribution in [0.1, 0.15) is 25.3 Å². The van der Waals surface area contributed by atoms with Gasteiger partial charge in [-0.2, -0.15) is 10.2 Å². The Morgan fingerprint density at radius 2 is 1.55 bits per heavy atom. The highest BCUT2D eigenvalue weighted by Crippen LogP contribution is 2.21. The fraction of sp³-hybridized carbons (Fsp3) is 0.263. The number of ether oxygens (including phenoxy) is 1. The Kier molecular flexibility index (Phi) is 6.37. The van der Waals surface area contributed by atoms with Crippen molar-refractivity contribution in [3.05, 3.63) is 66.7 Å². The van der Waals surface area contributed by atoms with Crippen molar-refractivity contribution in [1.29, 1.82) is 0 Å². The molecule has 3 nitrogen and oxygen atoms in total. The van der Waals surface area contributed by atoms with E-state index in [0.29, 0.717) is 6.61 Å². The topological polar surface area (TPSA) is 34.0 Å². The van der Waals surface area contributed by atoms with Crippen LogP contribution in [-0.2, 0) is 6.42 Å². The molecule has 0 atom stereocenters. The van der Waals surface area contributed by atoms with Crippen LogP contribution < -0.4 is 4.74 Å². The van der Waals surface area contributed by atoms with Crippen LogP contribution >= 0.6 is 0 Å². The predicted molar refractivity (Wildman–Crippen MR) is 91.4 cm³/mol. The van der Waals surface area contributed by atoms with Crippen molar-refractivity contribution in [3.8, 4) is 5.75 Å². The number of azo groups is 1. The molecule has 2 rings (SSSR count). The predicted octanol–water partition coefficient (Wildman–Crippen LogP) is 6.01. The Labute approximate surface area is 132 Å². The Hall–Kier alpha value is -2.42. The highest BCUT2D eigenvalue weighted by molar-refractivity contribution is 5.43. The summed E-state index contributed by atoms with van der Waals surface area (Å²) in [4.78, 5) is 0. The molecule has 0 N–H and O–H groups in total. The number of hydrogen-bond acceptors (Lipinski definition) is 3. The van der Waals surface area contributed by atoms with Crippen molar-refractivity contribution in [1.82, 2.24) is 0 Å². The molecule has 0 spiro atoms. The highest BCUT2D eigenvalue weighted by Gasteiger charge is 1.95. The summed E-state index contributed by atoms with van der Waals surface area (Å²) in [5.74, 6) is 0.805. The third-order valence-electron chi connectivity index (χ3n) is 3.24. The molecule has 0 aliphatic carbocycles. The quantitative estimate of drug-likeness (QED) is 0.433. The van der Waals surface area contributed by atoms with Gasteiger partial charge in [-0.3, -0.25) is 0 Å². The summed E-state index contributed by atoms with van der Waals surface area (Å²) in [6.45, 7) is 6.33. The van der Waals surface area contributed by atoms with Gasteiger partial charge in [-0.25, -0.2) is 0 Å². The number of aryl methyl sites for hydroxylation is 1. The molecule has 0 heterocycles. The van der Waals surface area contributed by atoms with Crippen LogP contribution in [0.2, 0.25) is 0 Å². The minimum absolute atomic E-state index is 0.505. The van der Waals surface area contributed by atoms with Gasteiger partial charge in [0.1, 0.15) is 12.4 Å². The van der Waals surface area contributed by atoms with Crippen LogP contribution in [0.4, 0.5) is 11.4 Å². The van der Waals surface area contributed by atoms with Crippen molar-refractivity contribution in [2.24, 2.45) is 10.2 Å². The van der Waals surface area contributed by atoms with Gasteiger partial charge in [0.15, 0.2) is 0 Å². The zero-order valence-electron chi connectivity index (χ0n) is 13.0. The molecular weight excluding hydrogens is 272 g/mol. The number of unbranched alkanes of at least 4 members (excludes halogenated alkanes) is 1. The van der Waals surface area contributed by atoms with E-state index in [0.717, 1.165) is 23.5 Å². The number of rotatable bonds is 8. The van der Waals surface area contributed by atoms with Crippen molar-refractivity contribution in [2.75, 3.05) is 6.61 Å². The van der Waals surface area contributed by atoms with Gasteiger partial charge in [-0.15, -0.1) is 0 Å². The lowest BCUT2D eigenvalue weighted by Gasteiger charge is -2.02. The van der Waals surface area contributed by atoms with E-state index in [1.165, 1.54) is 18.4 Å². The van der Waals surface area contributed by atoms with Gasteiger partial charge in [0.25, 0.3) is 0 Å². The van der Waals surface area contributed by atoms with Gasteiger partial charge in [0, 0.05) is 0 Å². The van der Waals surface area contributed by atoms with Gasteiger partial charge in [-0.1, -0.05) is 38.1 Å². The van der Waals surface area contributed by atoms with Gasteiger partial charge in [0.2, 0.25) is 0 Å². The molecule has 0 aromatic heterocycles. The summed E-state index contributed by atoms with van der Waals surface area (Å²) in [6.07, 6.45) is 5.28. The Bertz CT molecular complexity index is 600. The minimum Gasteiger partial charge on any atom is -0.490 e. The van der Waals surface area contributed by atoms with Gasteiger partial charge in [0.05, 0.1) is 11.4 Å². The van der Waals surface area contributed by atoms with Crippen LogP contribution in [0.5, 0.6) is 5.75 Å². The summed E-state index contributed by atoms with van der Waals surface area (Å²) in [5.41, 5.74) is 3.03. The minimum atomic E-state index is 0.505. The van der Waals surface area contributed by atoms with Crippen LogP contribution in [0.15, 0.2) is 71.4 Å². The molecule has 22 heavy (non-hydrogen) atoms. The Morgan fingerprint density at radius 1 is 0.955 bits per heavy atom. The summed E-state index contributed by atoms with van der Waals surface area (Å²) in [6, 6.07) is 15.8. The second-order valence-corrected chi connectivity index (χ2v) is 5.06. The second-order valence-electron chi connectivity index (χ2n) is 5.06. The van der Waals surface area contributed by atoms with Gasteiger partial charge >= 0.3 is 0 Å². The molecule has 0 unspecified atom stereocenters. The van der Waals surface area contributed by atoms with Crippen LogP contribution in [0, 0.1) is 0 Å². The van der Waals surface area contributed by atoms with Crippen molar-refractivity contribution in [2.45, 2.75) is 26.2 Å². The lowest BCUT2D eigenvalue weighted by Crippen LogP contribution is -1.91. The molecule has 2 aromatic rings. The summed E-state index contributed by atoms with van der Waals surface area (Å²) >= 11 is 0. The number of nitrogens with zero attached hydrogens (tertiary/aromatic N) is 2. The number of hydrogen-bond donors (Lipinski definition) is 0. The lowest BCUT2D eigenvalue weighted by molar-refractivity contribution is 0.363. The molecule has 0 saturated carbocycles. The summed E-state index contributed by atoms with van der Waals surface area (Å²) in [7, 11) is 0. The zero-order chi connectivity index (χ0) is 15.6. The molecule has 0 bridgehead atoms. The third-order valence-corrected chi connectivity index (χ3v) is 3.24. The second kappa shape index (κ2) is 8.78. The fourth-order valence-electron chi connectivity index (χ4n) is 1.99. The van der Waals surface area contributed by atoms with E-state index >= 15 is 0 Å². The van der Waals surface area contributed by atoms with Crippen molar-refractivity contribution < 1.29 is 4.74 Å². The standard InChI is InChI=1S/C19H22N2O/c1-3-5-6-16-7-9-17(10-8-16)20-21-18-11-13-19(14-12-18)22-15-4-2/h4,7-14H,2-3,5-6,15H2,1H3. The van der Waals surface area contributed by atoms with E-state index < -0.39 is 0 Å². The first-order chi connectivity index (χ1) is 10.8. The largest absolute Gasteiger partial charge is 0.490 e. The van der Waals surface area contributed by atoms with E-state index in [1.807, 2.05) is 36.4 Å². The maximum Gasteiger partial charge on any atom is 0.119 e. The molecule has 0 radical (unpaired) electrons. The molecule has 3 heteroatoms.